The number of aliphatic hydroxyl groups excluding tert-OH is 1. The first-order valence-electron chi connectivity index (χ1n) is 7.13. The lowest BCUT2D eigenvalue weighted by Gasteiger charge is -2.30. The maximum atomic E-state index is 13.7. The third-order valence-corrected chi connectivity index (χ3v) is 4.15. The highest BCUT2D eigenvalue weighted by Crippen LogP contribution is 2.32. The first-order valence-corrected chi connectivity index (χ1v) is 7.13. The van der Waals surface area contributed by atoms with Crippen LogP contribution in [0, 0.1) is 17.7 Å². The summed E-state index contributed by atoms with van der Waals surface area (Å²) in [5.74, 6) is -0.490. The van der Waals surface area contributed by atoms with Crippen molar-refractivity contribution >= 4 is 5.69 Å². The molecule has 1 aliphatic carbocycles. The number of alkyl halides is 3. The summed E-state index contributed by atoms with van der Waals surface area (Å²) in [6.45, 7) is 0.565. The lowest BCUT2D eigenvalue weighted by molar-refractivity contribution is -0.137. The van der Waals surface area contributed by atoms with E-state index >= 15 is 0 Å². The Hall–Kier alpha value is -1.30. The van der Waals surface area contributed by atoms with Gasteiger partial charge in [0.1, 0.15) is 5.82 Å². The van der Waals surface area contributed by atoms with Crippen LogP contribution in [0.25, 0.3) is 0 Å². The molecule has 2 rings (SSSR count). The molecule has 0 aromatic heterocycles. The van der Waals surface area contributed by atoms with Crippen LogP contribution >= 0.6 is 0 Å². The van der Waals surface area contributed by atoms with Crippen LogP contribution < -0.4 is 5.32 Å². The second-order valence-corrected chi connectivity index (χ2v) is 5.56. The van der Waals surface area contributed by atoms with E-state index in [0.717, 1.165) is 37.8 Å². The molecule has 118 valence electrons. The van der Waals surface area contributed by atoms with Gasteiger partial charge in [0, 0.05) is 13.2 Å². The van der Waals surface area contributed by atoms with Crippen LogP contribution in [0.1, 0.15) is 31.2 Å². The van der Waals surface area contributed by atoms with Gasteiger partial charge in [0.05, 0.1) is 11.3 Å². The zero-order valence-corrected chi connectivity index (χ0v) is 11.6. The number of aliphatic hydroxyl groups is 1. The molecule has 2 unspecified atom stereocenters. The molecular weight excluding hydrogens is 286 g/mol. The molecule has 1 fully saturated rings. The van der Waals surface area contributed by atoms with Crippen LogP contribution in [0.15, 0.2) is 18.2 Å². The number of hydrogen-bond acceptors (Lipinski definition) is 2. The molecule has 0 spiro atoms. The van der Waals surface area contributed by atoms with Gasteiger partial charge in [-0.1, -0.05) is 12.8 Å². The molecule has 21 heavy (non-hydrogen) atoms. The van der Waals surface area contributed by atoms with Gasteiger partial charge < -0.3 is 10.4 Å². The largest absolute Gasteiger partial charge is 0.416 e. The number of anilines is 1. The molecule has 2 nitrogen and oxygen atoms in total. The Morgan fingerprint density at radius 1 is 1.14 bits per heavy atom. The summed E-state index contributed by atoms with van der Waals surface area (Å²) >= 11 is 0. The van der Waals surface area contributed by atoms with Gasteiger partial charge in [0.2, 0.25) is 0 Å². The van der Waals surface area contributed by atoms with Crippen molar-refractivity contribution in [3.63, 3.8) is 0 Å². The standard InChI is InChI=1S/C15H19F4NO/c16-13-7-12(15(17,18)19)5-6-14(13)20-8-10-3-1-2-4-11(10)9-21/h5-7,10-11,20-21H,1-4,8-9H2. The fourth-order valence-corrected chi connectivity index (χ4v) is 2.87. The topological polar surface area (TPSA) is 32.3 Å². The van der Waals surface area contributed by atoms with Crippen LogP contribution in [-0.2, 0) is 6.18 Å². The van der Waals surface area contributed by atoms with Gasteiger partial charge >= 0.3 is 6.18 Å². The maximum Gasteiger partial charge on any atom is 0.416 e. The Bertz CT molecular complexity index is 475. The number of benzene rings is 1. The summed E-state index contributed by atoms with van der Waals surface area (Å²) in [5, 5.41) is 12.2. The van der Waals surface area contributed by atoms with Gasteiger partial charge in [-0.3, -0.25) is 0 Å². The minimum Gasteiger partial charge on any atom is -0.396 e. The molecular formula is C15H19F4NO. The zero-order valence-electron chi connectivity index (χ0n) is 11.6. The fraction of sp³-hybridized carbons (Fsp3) is 0.600. The molecule has 1 aromatic rings. The van der Waals surface area contributed by atoms with Gasteiger partial charge in [-0.05, 0) is 42.9 Å². The summed E-state index contributed by atoms with van der Waals surface area (Å²) in [7, 11) is 0. The quantitative estimate of drug-likeness (QED) is 0.822. The molecule has 1 saturated carbocycles. The molecule has 2 atom stereocenters. The van der Waals surface area contributed by atoms with Crippen LogP contribution in [0.3, 0.4) is 0 Å². The van der Waals surface area contributed by atoms with Crippen LogP contribution in [0.4, 0.5) is 23.2 Å². The predicted molar refractivity (Wildman–Crippen MR) is 72.4 cm³/mol. The zero-order chi connectivity index (χ0) is 15.5. The van der Waals surface area contributed by atoms with Crippen LogP contribution in [-0.4, -0.2) is 18.3 Å². The van der Waals surface area contributed by atoms with E-state index in [0.29, 0.717) is 12.6 Å². The summed E-state index contributed by atoms with van der Waals surface area (Å²) in [5.41, 5.74) is -0.915. The van der Waals surface area contributed by atoms with E-state index in [-0.39, 0.29) is 24.1 Å². The number of rotatable bonds is 4. The lowest BCUT2D eigenvalue weighted by atomic mass is 9.79. The van der Waals surface area contributed by atoms with Crippen molar-refractivity contribution in [2.45, 2.75) is 31.9 Å². The highest BCUT2D eigenvalue weighted by molar-refractivity contribution is 5.46. The first-order chi connectivity index (χ1) is 9.91. The van der Waals surface area contributed by atoms with Crippen molar-refractivity contribution < 1.29 is 22.7 Å². The average Bonchev–Trinajstić information content (AvgIpc) is 2.45. The van der Waals surface area contributed by atoms with Gasteiger partial charge in [-0.25, -0.2) is 4.39 Å². The van der Waals surface area contributed by atoms with E-state index in [9.17, 15) is 22.7 Å². The fourth-order valence-electron chi connectivity index (χ4n) is 2.87. The molecule has 2 N–H and O–H groups in total. The maximum absolute atomic E-state index is 13.7. The summed E-state index contributed by atoms with van der Waals surface area (Å²) in [4.78, 5) is 0. The van der Waals surface area contributed by atoms with Gasteiger partial charge in [-0.15, -0.1) is 0 Å². The number of hydrogen-bond donors (Lipinski definition) is 2. The highest BCUT2D eigenvalue weighted by atomic mass is 19.4. The molecule has 0 bridgehead atoms. The smallest absolute Gasteiger partial charge is 0.396 e. The predicted octanol–water partition coefficient (Wildman–Crippen LogP) is 4.06. The highest BCUT2D eigenvalue weighted by Gasteiger charge is 2.31. The van der Waals surface area contributed by atoms with Crippen LogP contribution in [0.5, 0.6) is 0 Å². The molecule has 0 aliphatic heterocycles. The summed E-state index contributed by atoms with van der Waals surface area (Å²) in [6.07, 6.45) is -0.502. The molecule has 0 heterocycles. The van der Waals surface area contributed by atoms with Crippen molar-refractivity contribution in [2.75, 3.05) is 18.5 Å². The Balaban J connectivity index is 2.00. The monoisotopic (exact) mass is 305 g/mol. The van der Waals surface area contributed by atoms with E-state index in [1.54, 1.807) is 0 Å². The van der Waals surface area contributed by atoms with Gasteiger partial charge in [-0.2, -0.15) is 13.2 Å². The third kappa shape index (κ3) is 4.09. The van der Waals surface area contributed by atoms with E-state index in [4.69, 9.17) is 0 Å². The normalized spacial score (nSPS) is 23.1. The Kier molecular flexibility index (Phi) is 5.08. The van der Waals surface area contributed by atoms with E-state index < -0.39 is 17.6 Å². The van der Waals surface area contributed by atoms with Crippen molar-refractivity contribution in [2.24, 2.45) is 11.8 Å². The first kappa shape index (κ1) is 16.1. The second kappa shape index (κ2) is 6.64. The third-order valence-electron chi connectivity index (χ3n) is 4.15. The van der Waals surface area contributed by atoms with Crippen molar-refractivity contribution in [1.82, 2.24) is 0 Å². The Morgan fingerprint density at radius 2 is 1.81 bits per heavy atom. The Morgan fingerprint density at radius 3 is 2.38 bits per heavy atom. The SMILES string of the molecule is OCC1CCCCC1CNc1ccc(C(F)(F)F)cc1F. The molecule has 1 aliphatic rings. The minimum absolute atomic E-state index is 0.0743. The molecule has 1 aromatic carbocycles. The van der Waals surface area contributed by atoms with E-state index in [1.165, 1.54) is 0 Å². The van der Waals surface area contributed by atoms with Crippen LogP contribution in [0.2, 0.25) is 0 Å². The minimum atomic E-state index is -4.54. The molecule has 0 radical (unpaired) electrons. The van der Waals surface area contributed by atoms with E-state index in [1.807, 2.05) is 0 Å². The van der Waals surface area contributed by atoms with E-state index in [2.05, 4.69) is 5.32 Å². The number of halogens is 4. The van der Waals surface area contributed by atoms with Gasteiger partial charge in [0.15, 0.2) is 0 Å². The molecule has 6 heteroatoms. The summed E-state index contributed by atoms with van der Waals surface area (Å²) < 4.78 is 51.1. The lowest BCUT2D eigenvalue weighted by Crippen LogP contribution is -2.28. The van der Waals surface area contributed by atoms with Crippen molar-refractivity contribution in [3.8, 4) is 0 Å². The second-order valence-electron chi connectivity index (χ2n) is 5.56. The molecule has 0 saturated heterocycles. The number of nitrogens with one attached hydrogen (secondary N) is 1. The van der Waals surface area contributed by atoms with Crippen molar-refractivity contribution in [3.05, 3.63) is 29.6 Å². The molecule has 0 amide bonds. The summed E-state index contributed by atoms with van der Waals surface area (Å²) in [6, 6.07) is 2.50. The Labute approximate surface area is 121 Å². The van der Waals surface area contributed by atoms with Gasteiger partial charge in [0.25, 0.3) is 0 Å². The average molecular weight is 305 g/mol. The van der Waals surface area contributed by atoms with Crippen molar-refractivity contribution in [1.29, 1.82) is 0 Å².